The first-order chi connectivity index (χ1) is 17.5. The van der Waals surface area contributed by atoms with Crippen LogP contribution < -0.4 is 10.6 Å². The average molecular weight is 504 g/mol. The number of para-hydroxylation sites is 1. The lowest BCUT2D eigenvalue weighted by Gasteiger charge is -2.29. The standard InChI is InChI=1S/C27H23F2N5OS/c28-18-10-12-19(13-11-18)31-24(35)14-17-34-26(25(32-27(34)36)21-7-3-4-15-30-21)23-9-5-16-33(23)22-8-2-1-6-20(22)29/h1-13,15-16,25-26H,14,17H2,(H,31,35)(H,32,36)/t25-,26+/m0/s1. The Balaban J connectivity index is 1.44. The van der Waals surface area contributed by atoms with E-state index in [9.17, 15) is 13.6 Å². The molecule has 182 valence electrons. The lowest BCUT2D eigenvalue weighted by Crippen LogP contribution is -2.33. The lowest BCUT2D eigenvalue weighted by molar-refractivity contribution is -0.116. The van der Waals surface area contributed by atoms with Crippen LogP contribution in [-0.4, -0.2) is 32.0 Å². The summed E-state index contributed by atoms with van der Waals surface area (Å²) in [5.74, 6) is -0.945. The number of nitrogens with zero attached hydrogens (tertiary/aromatic N) is 3. The van der Waals surface area contributed by atoms with Crippen LogP contribution in [0.2, 0.25) is 0 Å². The van der Waals surface area contributed by atoms with E-state index in [1.165, 1.54) is 30.3 Å². The number of carbonyl (C=O) groups excluding carboxylic acids is 1. The van der Waals surface area contributed by atoms with Crippen molar-refractivity contribution in [2.75, 3.05) is 11.9 Å². The molecule has 0 spiro atoms. The predicted octanol–water partition coefficient (Wildman–Crippen LogP) is 5.15. The first kappa shape index (κ1) is 23.6. The van der Waals surface area contributed by atoms with E-state index in [1.807, 2.05) is 41.4 Å². The van der Waals surface area contributed by atoms with Crippen LogP contribution in [0.5, 0.6) is 0 Å². The highest BCUT2D eigenvalue weighted by molar-refractivity contribution is 7.80. The van der Waals surface area contributed by atoms with E-state index in [0.29, 0.717) is 23.0 Å². The van der Waals surface area contributed by atoms with Crippen LogP contribution >= 0.6 is 12.2 Å². The molecule has 2 atom stereocenters. The van der Waals surface area contributed by atoms with Crippen molar-refractivity contribution in [3.63, 3.8) is 0 Å². The van der Waals surface area contributed by atoms with Gasteiger partial charge in [-0.1, -0.05) is 18.2 Å². The highest BCUT2D eigenvalue weighted by Gasteiger charge is 2.41. The van der Waals surface area contributed by atoms with Gasteiger partial charge in [-0.25, -0.2) is 8.78 Å². The largest absolute Gasteiger partial charge is 0.352 e. The zero-order valence-electron chi connectivity index (χ0n) is 19.1. The Morgan fingerprint density at radius 3 is 2.53 bits per heavy atom. The summed E-state index contributed by atoms with van der Waals surface area (Å²) in [7, 11) is 0. The number of thiocarbonyl (C=S) groups is 1. The minimum atomic E-state index is -0.372. The zero-order valence-corrected chi connectivity index (χ0v) is 20.0. The Hall–Kier alpha value is -4.11. The SMILES string of the molecule is O=C(CCN1C(=S)N[C@@H](c2ccccn2)[C@H]1c1cccn1-c1ccccc1F)Nc1ccc(F)cc1. The van der Waals surface area contributed by atoms with Crippen molar-refractivity contribution in [2.24, 2.45) is 0 Å². The summed E-state index contributed by atoms with van der Waals surface area (Å²) in [4.78, 5) is 19.1. The van der Waals surface area contributed by atoms with Crippen LogP contribution in [-0.2, 0) is 4.79 Å². The third-order valence-corrected chi connectivity index (χ3v) is 6.45. The van der Waals surface area contributed by atoms with Gasteiger partial charge in [0.1, 0.15) is 11.6 Å². The van der Waals surface area contributed by atoms with Gasteiger partial charge in [-0.2, -0.15) is 0 Å². The number of carbonyl (C=O) groups is 1. The molecule has 0 bridgehead atoms. The van der Waals surface area contributed by atoms with Gasteiger partial charge in [0, 0.05) is 36.7 Å². The van der Waals surface area contributed by atoms with Crippen LogP contribution in [0.3, 0.4) is 0 Å². The summed E-state index contributed by atoms with van der Waals surface area (Å²) in [5.41, 5.74) is 2.52. The fourth-order valence-corrected chi connectivity index (χ4v) is 4.78. The average Bonchev–Trinajstić information content (AvgIpc) is 3.49. The number of aromatic nitrogens is 2. The molecule has 6 nitrogen and oxygen atoms in total. The molecule has 36 heavy (non-hydrogen) atoms. The molecule has 2 N–H and O–H groups in total. The molecule has 1 amide bonds. The third kappa shape index (κ3) is 4.83. The molecular formula is C27H23F2N5OS. The van der Waals surface area contributed by atoms with Gasteiger partial charge in [0.05, 0.1) is 23.5 Å². The summed E-state index contributed by atoms with van der Waals surface area (Å²) < 4.78 is 29.7. The maximum absolute atomic E-state index is 14.7. The van der Waals surface area contributed by atoms with Gasteiger partial charge >= 0.3 is 0 Å². The number of amides is 1. The fourth-order valence-electron chi connectivity index (χ4n) is 4.45. The Kier molecular flexibility index (Phi) is 6.73. The first-order valence-electron chi connectivity index (χ1n) is 11.5. The number of rotatable bonds is 7. The third-order valence-electron chi connectivity index (χ3n) is 6.10. The molecule has 2 aromatic carbocycles. The van der Waals surface area contributed by atoms with Crippen molar-refractivity contribution in [2.45, 2.75) is 18.5 Å². The molecule has 0 unspecified atom stereocenters. The number of hydrogen-bond acceptors (Lipinski definition) is 3. The molecule has 4 aromatic rings. The van der Waals surface area contributed by atoms with Crippen molar-refractivity contribution in [3.05, 3.63) is 114 Å². The number of halogens is 2. The second kappa shape index (κ2) is 10.2. The van der Waals surface area contributed by atoms with Gasteiger partial charge in [-0.15, -0.1) is 0 Å². The molecule has 0 saturated carbocycles. The zero-order chi connectivity index (χ0) is 25.1. The Bertz CT molecular complexity index is 1380. The highest BCUT2D eigenvalue weighted by Crippen LogP contribution is 2.39. The van der Waals surface area contributed by atoms with Crippen molar-refractivity contribution in [1.29, 1.82) is 0 Å². The minimum absolute atomic E-state index is 0.144. The summed E-state index contributed by atoms with van der Waals surface area (Å²) in [5, 5.41) is 6.61. The van der Waals surface area contributed by atoms with E-state index >= 15 is 0 Å². The maximum atomic E-state index is 14.7. The molecule has 1 aliphatic heterocycles. The van der Waals surface area contributed by atoms with Crippen LogP contribution in [0.25, 0.3) is 5.69 Å². The molecule has 9 heteroatoms. The van der Waals surface area contributed by atoms with Crippen LogP contribution in [0.1, 0.15) is 29.9 Å². The second-order valence-electron chi connectivity index (χ2n) is 8.38. The number of anilines is 1. The van der Waals surface area contributed by atoms with Gasteiger partial charge in [0.25, 0.3) is 0 Å². The molecule has 5 rings (SSSR count). The van der Waals surface area contributed by atoms with Crippen molar-refractivity contribution in [1.82, 2.24) is 19.8 Å². The van der Waals surface area contributed by atoms with Crippen LogP contribution in [0, 0.1) is 11.6 Å². The number of hydrogen-bond donors (Lipinski definition) is 2. The Morgan fingerprint density at radius 2 is 1.78 bits per heavy atom. The molecule has 1 aliphatic rings. The molecule has 1 saturated heterocycles. The molecule has 1 fully saturated rings. The van der Waals surface area contributed by atoms with E-state index in [-0.39, 0.29) is 36.0 Å². The Morgan fingerprint density at radius 1 is 1.00 bits per heavy atom. The van der Waals surface area contributed by atoms with Gasteiger partial charge in [-0.3, -0.25) is 9.78 Å². The van der Waals surface area contributed by atoms with Crippen molar-refractivity contribution >= 4 is 28.9 Å². The van der Waals surface area contributed by atoms with Crippen molar-refractivity contribution in [3.8, 4) is 5.69 Å². The van der Waals surface area contributed by atoms with E-state index in [0.717, 1.165) is 11.4 Å². The van der Waals surface area contributed by atoms with Crippen LogP contribution in [0.4, 0.5) is 14.5 Å². The van der Waals surface area contributed by atoms with E-state index in [4.69, 9.17) is 12.2 Å². The fraction of sp³-hybridized carbons (Fsp3) is 0.148. The normalized spacial score (nSPS) is 17.2. The van der Waals surface area contributed by atoms with Gasteiger partial charge < -0.3 is 20.1 Å². The van der Waals surface area contributed by atoms with Gasteiger partial charge in [-0.05, 0) is 72.9 Å². The highest BCUT2D eigenvalue weighted by atomic mass is 32.1. The van der Waals surface area contributed by atoms with E-state index < -0.39 is 0 Å². The molecule has 0 aliphatic carbocycles. The number of pyridine rings is 1. The number of nitrogens with one attached hydrogen (secondary N) is 2. The smallest absolute Gasteiger partial charge is 0.226 e. The molecular weight excluding hydrogens is 480 g/mol. The minimum Gasteiger partial charge on any atom is -0.352 e. The summed E-state index contributed by atoms with van der Waals surface area (Å²) >= 11 is 5.68. The topological polar surface area (TPSA) is 62.2 Å². The Labute approximate surface area is 212 Å². The first-order valence-corrected chi connectivity index (χ1v) is 11.9. The van der Waals surface area contributed by atoms with Crippen LogP contribution in [0.15, 0.2) is 91.3 Å². The number of benzene rings is 2. The monoisotopic (exact) mass is 503 g/mol. The summed E-state index contributed by atoms with van der Waals surface area (Å²) in [6.45, 7) is 0.315. The lowest BCUT2D eigenvalue weighted by atomic mass is 10.0. The molecule has 3 heterocycles. The molecule has 2 aromatic heterocycles. The quantitative estimate of drug-likeness (QED) is 0.342. The maximum Gasteiger partial charge on any atom is 0.226 e. The summed E-state index contributed by atoms with van der Waals surface area (Å²) in [6, 6.07) is 21.0. The second-order valence-corrected chi connectivity index (χ2v) is 8.77. The van der Waals surface area contributed by atoms with Gasteiger partial charge in [0.2, 0.25) is 5.91 Å². The van der Waals surface area contributed by atoms with Crippen molar-refractivity contribution < 1.29 is 13.6 Å². The molecule has 0 radical (unpaired) electrons. The van der Waals surface area contributed by atoms with E-state index in [1.54, 1.807) is 29.0 Å². The van der Waals surface area contributed by atoms with Gasteiger partial charge in [0.15, 0.2) is 5.11 Å². The van der Waals surface area contributed by atoms with E-state index in [2.05, 4.69) is 15.6 Å². The predicted molar refractivity (Wildman–Crippen MR) is 138 cm³/mol. The summed E-state index contributed by atoms with van der Waals surface area (Å²) in [6.07, 6.45) is 3.67.